The summed E-state index contributed by atoms with van der Waals surface area (Å²) in [4.78, 5) is 13.6. The molecule has 1 aromatic rings. The normalized spacial score (nSPS) is 20.1. The monoisotopic (exact) mass is 375 g/mol. The zero-order chi connectivity index (χ0) is 17.2. The fraction of sp³-hybridized carbons (Fsp3) is 0.562. The Kier molecular flexibility index (Phi) is 7.22. The van der Waals surface area contributed by atoms with E-state index in [4.69, 9.17) is 5.73 Å². The van der Waals surface area contributed by atoms with Gasteiger partial charge < -0.3 is 10.6 Å². The molecular weight excluding hydrogens is 350 g/mol. The van der Waals surface area contributed by atoms with Gasteiger partial charge in [0.05, 0.1) is 4.90 Å². The van der Waals surface area contributed by atoms with Gasteiger partial charge in [0, 0.05) is 38.8 Å². The average Bonchev–Trinajstić information content (AvgIpc) is 2.54. The topological polar surface area (TPSA) is 83.7 Å². The summed E-state index contributed by atoms with van der Waals surface area (Å²) < 4.78 is 27.2. The Morgan fingerprint density at radius 2 is 2.04 bits per heavy atom. The third-order valence-electron chi connectivity index (χ3n) is 4.29. The van der Waals surface area contributed by atoms with Crippen molar-refractivity contribution in [2.75, 3.05) is 27.2 Å². The highest BCUT2D eigenvalue weighted by molar-refractivity contribution is 7.89. The largest absolute Gasteiger partial charge is 0.345 e. The minimum atomic E-state index is -3.60. The lowest BCUT2D eigenvalue weighted by molar-refractivity contribution is 0.0827. The Bertz CT molecular complexity index is 677. The first-order valence-electron chi connectivity index (χ1n) is 7.81. The second-order valence-corrected chi connectivity index (χ2v) is 8.29. The molecule has 1 fully saturated rings. The van der Waals surface area contributed by atoms with E-state index in [2.05, 4.69) is 0 Å². The third-order valence-corrected chi connectivity index (χ3v) is 6.15. The molecule has 2 unspecified atom stereocenters. The zero-order valence-corrected chi connectivity index (χ0v) is 15.9. The smallest absolute Gasteiger partial charge is 0.253 e. The number of nitrogens with zero attached hydrogens (tertiary/aromatic N) is 2. The molecule has 0 aliphatic carbocycles. The zero-order valence-electron chi connectivity index (χ0n) is 14.3. The number of hydrogen-bond acceptors (Lipinski definition) is 4. The summed E-state index contributed by atoms with van der Waals surface area (Å²) in [5, 5.41) is 0. The molecular formula is C16H26ClN3O3S. The van der Waals surface area contributed by atoms with E-state index in [1.54, 1.807) is 26.2 Å². The van der Waals surface area contributed by atoms with Crippen molar-refractivity contribution in [3.8, 4) is 0 Å². The first-order valence-corrected chi connectivity index (χ1v) is 9.25. The van der Waals surface area contributed by atoms with E-state index in [-0.39, 0.29) is 35.2 Å². The van der Waals surface area contributed by atoms with E-state index in [0.29, 0.717) is 18.7 Å². The van der Waals surface area contributed by atoms with Crippen LogP contribution in [0.2, 0.25) is 0 Å². The lowest BCUT2D eigenvalue weighted by Gasteiger charge is -2.33. The van der Waals surface area contributed by atoms with Crippen LogP contribution in [0.5, 0.6) is 0 Å². The lowest BCUT2D eigenvalue weighted by Crippen LogP contribution is -2.45. The first-order chi connectivity index (χ1) is 10.7. The molecule has 1 aliphatic heterocycles. The van der Waals surface area contributed by atoms with Gasteiger partial charge >= 0.3 is 0 Å². The number of sulfonamides is 1. The van der Waals surface area contributed by atoms with Crippen LogP contribution in [0, 0.1) is 5.92 Å². The maximum Gasteiger partial charge on any atom is 0.253 e. The molecule has 1 heterocycles. The molecule has 2 N–H and O–H groups in total. The van der Waals surface area contributed by atoms with Gasteiger partial charge in [-0.3, -0.25) is 4.79 Å². The molecule has 1 aliphatic rings. The third kappa shape index (κ3) is 4.47. The van der Waals surface area contributed by atoms with Crippen molar-refractivity contribution in [1.29, 1.82) is 0 Å². The van der Waals surface area contributed by atoms with E-state index < -0.39 is 10.0 Å². The van der Waals surface area contributed by atoms with E-state index >= 15 is 0 Å². The summed E-state index contributed by atoms with van der Waals surface area (Å²) in [5.41, 5.74) is 6.31. The number of hydrogen-bond donors (Lipinski definition) is 1. The number of halogens is 1. The Morgan fingerprint density at radius 1 is 1.38 bits per heavy atom. The van der Waals surface area contributed by atoms with Gasteiger partial charge in [-0.25, -0.2) is 8.42 Å². The summed E-state index contributed by atoms with van der Waals surface area (Å²) >= 11 is 0. The Labute approximate surface area is 150 Å². The molecule has 0 radical (unpaired) electrons. The number of carbonyl (C=O) groups is 1. The minimum Gasteiger partial charge on any atom is -0.345 e. The first kappa shape index (κ1) is 20.9. The fourth-order valence-corrected chi connectivity index (χ4v) is 4.40. The number of amides is 1. The molecule has 1 saturated heterocycles. The second-order valence-electron chi connectivity index (χ2n) is 6.35. The fourth-order valence-electron chi connectivity index (χ4n) is 2.82. The second kappa shape index (κ2) is 8.29. The van der Waals surface area contributed by atoms with Gasteiger partial charge in [0.2, 0.25) is 10.0 Å². The molecule has 2 rings (SSSR count). The summed E-state index contributed by atoms with van der Waals surface area (Å²) in [6, 6.07) is 6.19. The predicted molar refractivity (Wildman–Crippen MR) is 96.8 cm³/mol. The van der Waals surface area contributed by atoms with Crippen LogP contribution in [0.1, 0.15) is 30.1 Å². The molecule has 2 atom stereocenters. The molecule has 0 bridgehead atoms. The molecule has 0 spiro atoms. The molecule has 1 amide bonds. The van der Waals surface area contributed by atoms with E-state index in [1.165, 1.54) is 21.3 Å². The van der Waals surface area contributed by atoms with Crippen molar-refractivity contribution in [3.05, 3.63) is 29.8 Å². The Morgan fingerprint density at radius 3 is 2.62 bits per heavy atom. The minimum absolute atomic E-state index is 0. The maximum absolute atomic E-state index is 12.9. The number of rotatable bonds is 4. The molecule has 1 aromatic carbocycles. The van der Waals surface area contributed by atoms with Crippen LogP contribution in [-0.2, 0) is 10.0 Å². The van der Waals surface area contributed by atoms with Gasteiger partial charge in [-0.2, -0.15) is 4.31 Å². The average molecular weight is 376 g/mol. The van der Waals surface area contributed by atoms with Gasteiger partial charge in [-0.15, -0.1) is 12.4 Å². The maximum atomic E-state index is 12.9. The van der Waals surface area contributed by atoms with Crippen molar-refractivity contribution < 1.29 is 13.2 Å². The van der Waals surface area contributed by atoms with Crippen LogP contribution < -0.4 is 5.73 Å². The van der Waals surface area contributed by atoms with Crippen LogP contribution in [0.25, 0.3) is 0 Å². The summed E-state index contributed by atoms with van der Waals surface area (Å²) in [6.45, 7) is 2.85. The van der Waals surface area contributed by atoms with Gasteiger partial charge in [-0.05, 0) is 43.9 Å². The summed E-state index contributed by atoms with van der Waals surface area (Å²) in [6.07, 6.45) is 1.75. The lowest BCUT2D eigenvalue weighted by atomic mass is 9.93. The SMILES string of the molecule is CC(N)C1CCCN(S(=O)(=O)c2cccc(C(=O)N(C)C)c2)C1.Cl. The molecule has 0 aromatic heterocycles. The van der Waals surface area contributed by atoms with Crippen molar-refractivity contribution >= 4 is 28.3 Å². The summed E-state index contributed by atoms with van der Waals surface area (Å²) in [5.74, 6) is -0.0423. The molecule has 136 valence electrons. The quantitative estimate of drug-likeness (QED) is 0.865. The number of nitrogens with two attached hydrogens (primary N) is 1. The van der Waals surface area contributed by atoms with Crippen molar-refractivity contribution in [2.24, 2.45) is 11.7 Å². The Hall–Kier alpha value is -1.15. The van der Waals surface area contributed by atoms with Crippen molar-refractivity contribution in [2.45, 2.75) is 30.7 Å². The van der Waals surface area contributed by atoms with Crippen LogP contribution in [0.4, 0.5) is 0 Å². The van der Waals surface area contributed by atoms with E-state index in [0.717, 1.165) is 12.8 Å². The van der Waals surface area contributed by atoms with Gasteiger partial charge in [0.15, 0.2) is 0 Å². The van der Waals surface area contributed by atoms with Crippen LogP contribution in [0.3, 0.4) is 0 Å². The van der Waals surface area contributed by atoms with Crippen LogP contribution in [0.15, 0.2) is 29.2 Å². The standard InChI is InChI=1S/C16H25N3O3S.ClH/c1-12(17)14-7-5-9-19(11-14)23(21,22)15-8-4-6-13(10-15)16(20)18(2)3;/h4,6,8,10,12,14H,5,7,9,11,17H2,1-3H3;1H. The highest BCUT2D eigenvalue weighted by Crippen LogP contribution is 2.25. The highest BCUT2D eigenvalue weighted by Gasteiger charge is 2.31. The Balaban J connectivity index is 0.00000288. The van der Waals surface area contributed by atoms with E-state index in [9.17, 15) is 13.2 Å². The molecule has 0 saturated carbocycles. The van der Waals surface area contributed by atoms with Crippen LogP contribution >= 0.6 is 12.4 Å². The summed E-state index contributed by atoms with van der Waals surface area (Å²) in [7, 11) is -0.323. The van der Waals surface area contributed by atoms with Crippen LogP contribution in [-0.4, -0.2) is 56.8 Å². The predicted octanol–water partition coefficient (Wildman–Crippen LogP) is 1.56. The van der Waals surface area contributed by atoms with Gasteiger partial charge in [0.1, 0.15) is 0 Å². The highest BCUT2D eigenvalue weighted by atomic mass is 35.5. The molecule has 8 heteroatoms. The van der Waals surface area contributed by atoms with Gasteiger partial charge in [0.25, 0.3) is 5.91 Å². The number of carbonyl (C=O) groups excluding carboxylic acids is 1. The number of benzene rings is 1. The van der Waals surface area contributed by atoms with Gasteiger partial charge in [-0.1, -0.05) is 6.07 Å². The van der Waals surface area contributed by atoms with E-state index in [1.807, 2.05) is 6.92 Å². The molecule has 24 heavy (non-hydrogen) atoms. The molecule has 6 nitrogen and oxygen atoms in total. The van der Waals surface area contributed by atoms with Crippen molar-refractivity contribution in [1.82, 2.24) is 9.21 Å². The van der Waals surface area contributed by atoms with Crippen molar-refractivity contribution in [3.63, 3.8) is 0 Å². The number of piperidine rings is 1.